The predicted molar refractivity (Wildman–Crippen MR) is 192 cm³/mol. The van der Waals surface area contributed by atoms with Crippen LogP contribution in [-0.4, -0.2) is 23.2 Å². The number of nitrogens with zero attached hydrogens (tertiary/aromatic N) is 2. The molecule has 0 aliphatic heterocycles. The van der Waals surface area contributed by atoms with E-state index < -0.39 is 13.3 Å². The summed E-state index contributed by atoms with van der Waals surface area (Å²) in [6, 6.07) is 42.1. The summed E-state index contributed by atoms with van der Waals surface area (Å²) in [6.45, 7) is 6.48. The van der Waals surface area contributed by atoms with E-state index in [1.165, 1.54) is 21.1 Å². The maximum atomic E-state index is 6.33. The van der Waals surface area contributed by atoms with Crippen LogP contribution < -0.4 is 4.40 Å². The van der Waals surface area contributed by atoms with E-state index in [2.05, 4.69) is 145 Å². The van der Waals surface area contributed by atoms with Gasteiger partial charge in [0.25, 0.3) is 0 Å². The van der Waals surface area contributed by atoms with E-state index in [1.807, 2.05) is 30.5 Å². The fraction of sp³-hybridized carbons (Fsp3) is 0.171. The zero-order valence-corrected chi connectivity index (χ0v) is 31.7. The summed E-state index contributed by atoms with van der Waals surface area (Å²) in [6.07, 6.45) is 3.92. The molecule has 0 saturated heterocycles. The van der Waals surface area contributed by atoms with E-state index >= 15 is 0 Å². The first-order valence-electron chi connectivity index (χ1n) is 15.5. The molecular formula is C41H38GeIrN2O-2. The molecule has 0 bridgehead atoms. The molecule has 3 aromatic heterocycles. The zero-order valence-electron chi connectivity index (χ0n) is 27.2. The minimum absolute atomic E-state index is 0. The van der Waals surface area contributed by atoms with Crippen LogP contribution in [0.2, 0.25) is 17.3 Å². The molecule has 0 fully saturated rings. The predicted octanol–water partition coefficient (Wildman–Crippen LogP) is 10.6. The molecule has 0 aliphatic rings. The number of furan rings is 1. The Morgan fingerprint density at radius 1 is 0.696 bits per heavy atom. The van der Waals surface area contributed by atoms with Gasteiger partial charge in [0.05, 0.1) is 5.58 Å². The van der Waals surface area contributed by atoms with Gasteiger partial charge in [-0.1, -0.05) is 78.9 Å². The Morgan fingerprint density at radius 3 is 2.17 bits per heavy atom. The second kappa shape index (κ2) is 14.3. The summed E-state index contributed by atoms with van der Waals surface area (Å²) >= 11 is -1.73. The van der Waals surface area contributed by atoms with Crippen LogP contribution >= 0.6 is 0 Å². The quantitative estimate of drug-likeness (QED) is 0.128. The van der Waals surface area contributed by atoms with E-state index in [4.69, 9.17) is 4.42 Å². The van der Waals surface area contributed by atoms with Gasteiger partial charge in [-0.2, -0.15) is 0 Å². The third kappa shape index (κ3) is 7.26. The van der Waals surface area contributed by atoms with Crippen molar-refractivity contribution in [2.75, 3.05) is 0 Å². The van der Waals surface area contributed by atoms with Crippen LogP contribution in [0.3, 0.4) is 0 Å². The van der Waals surface area contributed by atoms with Crippen LogP contribution in [-0.2, 0) is 20.1 Å². The molecule has 46 heavy (non-hydrogen) atoms. The first-order chi connectivity index (χ1) is 21.7. The molecular weight excluding hydrogens is 801 g/mol. The molecule has 0 aliphatic carbocycles. The average Bonchev–Trinajstić information content (AvgIpc) is 3.44. The van der Waals surface area contributed by atoms with Gasteiger partial charge in [0.1, 0.15) is 5.58 Å². The zero-order chi connectivity index (χ0) is 31.6. The first-order valence-corrected chi connectivity index (χ1v) is 22.9. The van der Waals surface area contributed by atoms with Gasteiger partial charge in [0.2, 0.25) is 0 Å². The molecule has 0 atom stereocenters. The topological polar surface area (TPSA) is 38.9 Å². The molecule has 0 spiro atoms. The molecule has 0 amide bonds. The monoisotopic (exact) mass is 841 g/mol. The first kappa shape index (κ1) is 33.5. The summed E-state index contributed by atoms with van der Waals surface area (Å²) in [4.78, 5) is 9.18. The van der Waals surface area contributed by atoms with Crippen molar-refractivity contribution in [1.82, 2.24) is 9.97 Å². The minimum atomic E-state index is -1.73. The van der Waals surface area contributed by atoms with Gasteiger partial charge in [-0.3, -0.25) is 0 Å². The van der Waals surface area contributed by atoms with Crippen LogP contribution in [0, 0.1) is 19.1 Å². The largest absolute Gasteiger partial charge is 0 e. The second-order valence-electron chi connectivity index (χ2n) is 12.8. The number of aromatic nitrogens is 2. The SMILES string of the molecule is CC(C)c1ccnc(-c2[c-]ccc3c2oc2cc(-c4ccccc4)ccc23)c1.Cc1ccc[c-]c1-c1cc[c]([Ge]([CH3])([CH3])[CH3])cn1.[Ir]. The van der Waals surface area contributed by atoms with E-state index in [9.17, 15) is 0 Å². The van der Waals surface area contributed by atoms with Gasteiger partial charge >= 0.3 is 106 Å². The Hall–Kier alpha value is -3.83. The van der Waals surface area contributed by atoms with Crippen molar-refractivity contribution < 1.29 is 24.5 Å². The standard InChI is InChI=1S/C26H20NO.C15H18GeN.Ir/c1-17(2)19-13-14-27-24(15-19)23-10-6-9-22-21-12-11-20(16-25(21)28-26(22)23)18-7-4-3-5-8-18;1-12-7-5-6-8-14(12)15-10-9-13(11-17-15)16(2,3)4;/h3-9,11-17H,1-2H3;5-7,9-11H,1-4H3;/q2*-1;. The number of hydrogen-bond acceptors (Lipinski definition) is 3. The van der Waals surface area contributed by atoms with E-state index in [1.54, 1.807) is 0 Å². The molecule has 1 radical (unpaired) electrons. The number of aryl methyl sites for hydroxylation is 1. The fourth-order valence-corrected chi connectivity index (χ4v) is 7.64. The van der Waals surface area contributed by atoms with Crippen LogP contribution in [0.1, 0.15) is 30.9 Å². The van der Waals surface area contributed by atoms with Gasteiger partial charge in [-0.15, -0.1) is 18.2 Å². The summed E-state index contributed by atoms with van der Waals surface area (Å²) in [5.41, 5.74) is 10.5. The van der Waals surface area contributed by atoms with E-state index in [0.29, 0.717) is 5.92 Å². The number of hydrogen-bond donors (Lipinski definition) is 0. The maximum absolute atomic E-state index is 6.33. The molecule has 0 saturated carbocycles. The number of fused-ring (bicyclic) bond motifs is 3. The Kier molecular flexibility index (Phi) is 10.4. The van der Waals surface area contributed by atoms with Gasteiger partial charge in [-0.25, -0.2) is 0 Å². The smallest absolute Gasteiger partial charge is 0 e. The van der Waals surface area contributed by atoms with E-state index in [0.717, 1.165) is 50.0 Å². The van der Waals surface area contributed by atoms with Crippen molar-refractivity contribution >= 4 is 39.6 Å². The van der Waals surface area contributed by atoms with Gasteiger partial charge in [0.15, 0.2) is 0 Å². The molecule has 0 unspecified atom stereocenters. The Morgan fingerprint density at radius 2 is 1.48 bits per heavy atom. The average molecular weight is 840 g/mol. The molecule has 5 heteroatoms. The summed E-state index contributed by atoms with van der Waals surface area (Å²) < 4.78 is 7.78. The Balaban J connectivity index is 0.000000200. The minimum Gasteiger partial charge on any atom is 0 e. The number of pyridine rings is 2. The summed E-state index contributed by atoms with van der Waals surface area (Å²) in [5.74, 6) is 7.61. The Labute approximate surface area is 288 Å². The molecule has 7 aromatic rings. The Bertz CT molecular complexity index is 2080. The van der Waals surface area contributed by atoms with Gasteiger partial charge in [0, 0.05) is 31.7 Å². The van der Waals surface area contributed by atoms with Crippen molar-refractivity contribution in [3.63, 3.8) is 0 Å². The number of rotatable bonds is 5. The van der Waals surface area contributed by atoms with Crippen LogP contribution in [0.15, 0.2) is 120 Å². The summed E-state index contributed by atoms with van der Waals surface area (Å²) in [5, 5.41) is 2.21. The molecule has 7 rings (SSSR count). The third-order valence-corrected chi connectivity index (χ3v) is 12.5. The maximum Gasteiger partial charge on any atom is 0 e. The molecule has 3 heterocycles. The normalized spacial score (nSPS) is 11.3. The van der Waals surface area contributed by atoms with Crippen molar-refractivity contribution in [1.29, 1.82) is 0 Å². The van der Waals surface area contributed by atoms with Crippen molar-refractivity contribution in [2.45, 2.75) is 44.0 Å². The van der Waals surface area contributed by atoms with Crippen molar-refractivity contribution in [3.05, 3.63) is 139 Å². The number of benzene rings is 4. The van der Waals surface area contributed by atoms with Crippen molar-refractivity contribution in [2.24, 2.45) is 0 Å². The van der Waals surface area contributed by atoms with Crippen molar-refractivity contribution in [3.8, 4) is 33.6 Å². The molecule has 3 nitrogen and oxygen atoms in total. The molecule has 0 N–H and O–H groups in total. The molecule has 233 valence electrons. The second-order valence-corrected chi connectivity index (χ2v) is 23.5. The summed E-state index contributed by atoms with van der Waals surface area (Å²) in [7, 11) is 0. The third-order valence-electron chi connectivity index (χ3n) is 8.20. The molecule has 4 aromatic carbocycles. The van der Waals surface area contributed by atoms with Crippen LogP contribution in [0.4, 0.5) is 0 Å². The fourth-order valence-electron chi connectivity index (χ4n) is 5.47. The van der Waals surface area contributed by atoms with E-state index in [-0.39, 0.29) is 20.1 Å². The van der Waals surface area contributed by atoms with Crippen LogP contribution in [0.25, 0.3) is 55.6 Å². The van der Waals surface area contributed by atoms with Gasteiger partial charge in [-0.05, 0) is 34.9 Å². The van der Waals surface area contributed by atoms with Gasteiger partial charge < -0.3 is 9.40 Å². The van der Waals surface area contributed by atoms with Crippen LogP contribution in [0.5, 0.6) is 0 Å².